The molecule has 4 heteroatoms. The first kappa shape index (κ1) is 17.0. The van der Waals surface area contributed by atoms with E-state index in [2.05, 4.69) is 24.1 Å². The van der Waals surface area contributed by atoms with Crippen LogP contribution in [0.4, 0.5) is 0 Å². The average molecular weight is 280 g/mol. The Morgan fingerprint density at radius 1 is 1.30 bits per heavy atom. The van der Waals surface area contributed by atoms with Crippen LogP contribution in [0.25, 0.3) is 0 Å². The summed E-state index contributed by atoms with van der Waals surface area (Å²) in [6, 6.07) is 7.58. The molecule has 0 radical (unpaired) electrons. The van der Waals surface area contributed by atoms with Crippen molar-refractivity contribution in [1.29, 1.82) is 0 Å². The highest BCUT2D eigenvalue weighted by molar-refractivity contribution is 5.29. The fourth-order valence-electron chi connectivity index (χ4n) is 2.17. The molecule has 0 aliphatic carbocycles. The Kier molecular flexibility index (Phi) is 8.26. The summed E-state index contributed by atoms with van der Waals surface area (Å²) >= 11 is 0. The number of nitrogens with one attached hydrogen (secondary N) is 1. The van der Waals surface area contributed by atoms with E-state index in [1.165, 1.54) is 0 Å². The van der Waals surface area contributed by atoms with Gasteiger partial charge >= 0.3 is 0 Å². The second-order valence-corrected chi connectivity index (χ2v) is 4.88. The summed E-state index contributed by atoms with van der Waals surface area (Å²) < 4.78 is 5.16. The van der Waals surface area contributed by atoms with Crippen LogP contribution in [0.3, 0.4) is 0 Å². The molecule has 1 aromatic rings. The van der Waals surface area contributed by atoms with E-state index >= 15 is 0 Å². The van der Waals surface area contributed by atoms with E-state index in [1.54, 1.807) is 7.11 Å². The number of rotatable bonds is 10. The zero-order chi connectivity index (χ0) is 14.8. The molecule has 0 saturated carbocycles. The minimum absolute atomic E-state index is 0.487. The van der Waals surface area contributed by atoms with Crippen molar-refractivity contribution in [2.75, 3.05) is 39.8 Å². The second kappa shape index (κ2) is 9.75. The summed E-state index contributed by atoms with van der Waals surface area (Å²) in [5.41, 5.74) is 0.889. The SMILES string of the molecule is CCN(CC)CCCNCC(O)c1cccc(OC)c1. The molecule has 0 bridgehead atoms. The van der Waals surface area contributed by atoms with E-state index in [1.807, 2.05) is 24.3 Å². The number of aliphatic hydroxyl groups excluding tert-OH is 1. The highest BCUT2D eigenvalue weighted by atomic mass is 16.5. The third kappa shape index (κ3) is 5.90. The van der Waals surface area contributed by atoms with Gasteiger partial charge in [0.1, 0.15) is 5.75 Å². The Hall–Kier alpha value is -1.10. The lowest BCUT2D eigenvalue weighted by Gasteiger charge is -2.18. The van der Waals surface area contributed by atoms with Gasteiger partial charge in [-0.05, 0) is 50.3 Å². The van der Waals surface area contributed by atoms with Crippen LogP contribution in [-0.4, -0.2) is 49.8 Å². The average Bonchev–Trinajstić information content (AvgIpc) is 2.50. The van der Waals surface area contributed by atoms with Crippen LogP contribution in [-0.2, 0) is 0 Å². The molecule has 0 saturated heterocycles. The van der Waals surface area contributed by atoms with Crippen molar-refractivity contribution in [3.8, 4) is 5.75 Å². The first-order valence-corrected chi connectivity index (χ1v) is 7.46. The number of hydrogen-bond donors (Lipinski definition) is 2. The van der Waals surface area contributed by atoms with Gasteiger partial charge in [-0.15, -0.1) is 0 Å². The molecular formula is C16H28N2O2. The lowest BCUT2D eigenvalue weighted by Crippen LogP contribution is -2.28. The number of nitrogens with zero attached hydrogens (tertiary/aromatic N) is 1. The van der Waals surface area contributed by atoms with Gasteiger partial charge in [-0.1, -0.05) is 26.0 Å². The molecule has 0 aliphatic rings. The predicted molar refractivity (Wildman–Crippen MR) is 83.2 cm³/mol. The van der Waals surface area contributed by atoms with Crippen LogP contribution in [0, 0.1) is 0 Å². The maximum Gasteiger partial charge on any atom is 0.119 e. The molecule has 0 amide bonds. The minimum atomic E-state index is -0.487. The van der Waals surface area contributed by atoms with Gasteiger partial charge in [0.15, 0.2) is 0 Å². The molecule has 0 aliphatic heterocycles. The Labute approximate surface area is 122 Å². The van der Waals surface area contributed by atoms with Crippen LogP contribution in [0.1, 0.15) is 31.9 Å². The molecule has 1 aromatic carbocycles. The molecule has 1 rings (SSSR count). The molecule has 0 aromatic heterocycles. The summed E-state index contributed by atoms with van der Waals surface area (Å²) in [7, 11) is 1.64. The van der Waals surface area contributed by atoms with E-state index in [0.29, 0.717) is 6.54 Å². The highest BCUT2D eigenvalue weighted by Crippen LogP contribution is 2.18. The number of hydrogen-bond acceptors (Lipinski definition) is 4. The van der Waals surface area contributed by atoms with Crippen molar-refractivity contribution in [1.82, 2.24) is 10.2 Å². The lowest BCUT2D eigenvalue weighted by molar-refractivity contribution is 0.173. The van der Waals surface area contributed by atoms with Crippen molar-refractivity contribution >= 4 is 0 Å². The van der Waals surface area contributed by atoms with Gasteiger partial charge in [0.25, 0.3) is 0 Å². The maximum atomic E-state index is 10.1. The van der Waals surface area contributed by atoms with E-state index in [4.69, 9.17) is 4.74 Å². The standard InChI is InChI=1S/C16H28N2O2/c1-4-18(5-2)11-7-10-17-13-16(19)14-8-6-9-15(12-14)20-3/h6,8-9,12,16-17,19H,4-5,7,10-11,13H2,1-3H3. The van der Waals surface area contributed by atoms with Gasteiger partial charge in [0, 0.05) is 6.54 Å². The molecule has 0 fully saturated rings. The van der Waals surface area contributed by atoms with Crippen LogP contribution in [0.15, 0.2) is 24.3 Å². The first-order valence-electron chi connectivity index (χ1n) is 7.46. The van der Waals surface area contributed by atoms with Gasteiger partial charge in [0.05, 0.1) is 13.2 Å². The molecule has 20 heavy (non-hydrogen) atoms. The fourth-order valence-corrected chi connectivity index (χ4v) is 2.17. The van der Waals surface area contributed by atoms with Gasteiger partial charge in [0.2, 0.25) is 0 Å². The van der Waals surface area contributed by atoms with Gasteiger partial charge < -0.3 is 20.1 Å². The third-order valence-electron chi connectivity index (χ3n) is 3.54. The van der Waals surface area contributed by atoms with Crippen molar-refractivity contribution < 1.29 is 9.84 Å². The van der Waals surface area contributed by atoms with Crippen LogP contribution in [0.5, 0.6) is 5.75 Å². The van der Waals surface area contributed by atoms with Crippen LogP contribution < -0.4 is 10.1 Å². The van der Waals surface area contributed by atoms with Gasteiger partial charge in [-0.25, -0.2) is 0 Å². The molecule has 4 nitrogen and oxygen atoms in total. The Morgan fingerprint density at radius 3 is 2.70 bits per heavy atom. The Morgan fingerprint density at radius 2 is 2.05 bits per heavy atom. The molecule has 1 atom stereocenters. The number of benzene rings is 1. The Balaban J connectivity index is 2.24. The zero-order valence-electron chi connectivity index (χ0n) is 12.9. The normalized spacial score (nSPS) is 12.7. The van der Waals surface area contributed by atoms with Crippen LogP contribution >= 0.6 is 0 Å². The molecule has 114 valence electrons. The molecule has 0 spiro atoms. The van der Waals surface area contributed by atoms with Crippen molar-refractivity contribution in [2.45, 2.75) is 26.4 Å². The van der Waals surface area contributed by atoms with Gasteiger partial charge in [-0.3, -0.25) is 0 Å². The zero-order valence-corrected chi connectivity index (χ0v) is 12.9. The van der Waals surface area contributed by atoms with Gasteiger partial charge in [-0.2, -0.15) is 0 Å². The monoisotopic (exact) mass is 280 g/mol. The Bertz CT molecular complexity index is 367. The number of methoxy groups -OCH3 is 1. The summed E-state index contributed by atoms with van der Waals surface area (Å²) in [6.07, 6.45) is 0.616. The van der Waals surface area contributed by atoms with E-state index in [-0.39, 0.29) is 0 Å². The molecular weight excluding hydrogens is 252 g/mol. The summed E-state index contributed by atoms with van der Waals surface area (Å²) in [4.78, 5) is 2.40. The number of ether oxygens (including phenoxy) is 1. The summed E-state index contributed by atoms with van der Waals surface area (Å²) in [6.45, 7) is 9.18. The summed E-state index contributed by atoms with van der Waals surface area (Å²) in [5.74, 6) is 0.781. The minimum Gasteiger partial charge on any atom is -0.497 e. The van der Waals surface area contributed by atoms with E-state index in [9.17, 15) is 5.11 Å². The number of aliphatic hydroxyl groups is 1. The smallest absolute Gasteiger partial charge is 0.119 e. The third-order valence-corrected chi connectivity index (χ3v) is 3.54. The van der Waals surface area contributed by atoms with Crippen molar-refractivity contribution in [2.24, 2.45) is 0 Å². The molecule has 0 heterocycles. The van der Waals surface area contributed by atoms with Crippen molar-refractivity contribution in [3.05, 3.63) is 29.8 Å². The van der Waals surface area contributed by atoms with E-state index < -0.39 is 6.10 Å². The predicted octanol–water partition coefficient (Wildman–Crippen LogP) is 2.05. The van der Waals surface area contributed by atoms with E-state index in [0.717, 1.165) is 43.9 Å². The fraction of sp³-hybridized carbons (Fsp3) is 0.625. The maximum absolute atomic E-state index is 10.1. The molecule has 2 N–H and O–H groups in total. The second-order valence-electron chi connectivity index (χ2n) is 4.88. The lowest BCUT2D eigenvalue weighted by atomic mass is 10.1. The quantitative estimate of drug-likeness (QED) is 0.644. The largest absolute Gasteiger partial charge is 0.497 e. The molecule has 1 unspecified atom stereocenters. The first-order chi connectivity index (χ1) is 9.71. The summed E-state index contributed by atoms with van der Waals surface area (Å²) in [5, 5.41) is 13.4. The van der Waals surface area contributed by atoms with Crippen LogP contribution in [0.2, 0.25) is 0 Å². The highest BCUT2D eigenvalue weighted by Gasteiger charge is 2.07. The van der Waals surface area contributed by atoms with Crippen molar-refractivity contribution in [3.63, 3.8) is 0 Å². The topological polar surface area (TPSA) is 44.7 Å².